The Labute approximate surface area is 112 Å². The van der Waals surface area contributed by atoms with Gasteiger partial charge in [-0.25, -0.2) is 4.39 Å². The van der Waals surface area contributed by atoms with E-state index in [2.05, 4.69) is 0 Å². The lowest BCUT2D eigenvalue weighted by atomic mass is 10.1. The molecular weight excluding hydrogens is 257 g/mol. The van der Waals surface area contributed by atoms with Crippen molar-refractivity contribution in [3.63, 3.8) is 0 Å². The van der Waals surface area contributed by atoms with Crippen LogP contribution in [0.5, 0.6) is 0 Å². The van der Waals surface area contributed by atoms with E-state index in [1.54, 1.807) is 30.9 Å². The first kappa shape index (κ1) is 15.4. The molecule has 0 aliphatic rings. The minimum absolute atomic E-state index is 0.265. The molecule has 102 valence electrons. The Morgan fingerprint density at radius 1 is 1.22 bits per heavy atom. The lowest BCUT2D eigenvalue weighted by Crippen LogP contribution is -2.36. The summed E-state index contributed by atoms with van der Waals surface area (Å²) in [5, 5.41) is 19.2. The molecule has 0 aliphatic heterocycles. The molecule has 0 saturated carbocycles. The molecule has 0 radical (unpaired) electrons. The van der Waals surface area contributed by atoms with Crippen LogP contribution < -0.4 is 0 Å². The third kappa shape index (κ3) is 4.90. The molecule has 3 nitrogen and oxygen atoms in total. The van der Waals surface area contributed by atoms with Gasteiger partial charge in [0.1, 0.15) is 5.82 Å². The summed E-state index contributed by atoms with van der Waals surface area (Å²) in [5.74, 6) is -0.372. The van der Waals surface area contributed by atoms with Crippen molar-refractivity contribution in [3.8, 4) is 0 Å². The average molecular weight is 276 g/mol. The Hall–Kier alpha value is -0.680. The minimum atomic E-state index is -0.547. The Bertz CT molecular complexity index is 355. The van der Waals surface area contributed by atoms with Crippen molar-refractivity contribution >= 4 is 11.6 Å². The third-order valence-electron chi connectivity index (χ3n) is 2.49. The first-order valence-corrected chi connectivity index (χ1v) is 6.29. The van der Waals surface area contributed by atoms with Gasteiger partial charge in [0.05, 0.1) is 12.2 Å². The third-order valence-corrected chi connectivity index (χ3v) is 2.84. The maximum atomic E-state index is 13.6. The molecule has 2 atom stereocenters. The lowest BCUT2D eigenvalue weighted by Gasteiger charge is -2.25. The molecule has 0 spiro atoms. The van der Waals surface area contributed by atoms with Crippen LogP contribution in [-0.4, -0.2) is 40.4 Å². The van der Waals surface area contributed by atoms with Crippen LogP contribution in [0, 0.1) is 5.82 Å². The first-order chi connectivity index (χ1) is 8.40. The van der Waals surface area contributed by atoms with Gasteiger partial charge in [0.15, 0.2) is 0 Å². The van der Waals surface area contributed by atoms with E-state index in [0.29, 0.717) is 23.7 Å². The SMILES string of the molecule is CC(O)CN(Cc1c(F)cccc1Cl)CC(C)O. The van der Waals surface area contributed by atoms with Crippen LogP contribution in [0.3, 0.4) is 0 Å². The lowest BCUT2D eigenvalue weighted by molar-refractivity contribution is 0.0788. The van der Waals surface area contributed by atoms with Gasteiger partial charge in [0.25, 0.3) is 0 Å². The Morgan fingerprint density at radius 3 is 2.22 bits per heavy atom. The molecule has 1 rings (SSSR count). The van der Waals surface area contributed by atoms with Crippen molar-refractivity contribution in [1.82, 2.24) is 4.90 Å². The Balaban J connectivity index is 2.81. The van der Waals surface area contributed by atoms with Crippen LogP contribution >= 0.6 is 11.6 Å². The highest BCUT2D eigenvalue weighted by molar-refractivity contribution is 6.31. The van der Waals surface area contributed by atoms with Gasteiger partial charge in [-0.05, 0) is 26.0 Å². The minimum Gasteiger partial charge on any atom is -0.392 e. The predicted molar refractivity (Wildman–Crippen MR) is 70.0 cm³/mol. The molecule has 0 bridgehead atoms. The second kappa shape index (κ2) is 7.04. The molecule has 2 N–H and O–H groups in total. The highest BCUT2D eigenvalue weighted by Gasteiger charge is 2.15. The van der Waals surface area contributed by atoms with Crippen LogP contribution in [-0.2, 0) is 6.54 Å². The average Bonchev–Trinajstić information content (AvgIpc) is 2.21. The molecule has 0 aliphatic carbocycles. The van der Waals surface area contributed by atoms with Crippen molar-refractivity contribution < 1.29 is 14.6 Å². The number of rotatable bonds is 6. The highest BCUT2D eigenvalue weighted by atomic mass is 35.5. The molecule has 5 heteroatoms. The van der Waals surface area contributed by atoms with Crippen LogP contribution in [0.1, 0.15) is 19.4 Å². The fourth-order valence-corrected chi connectivity index (χ4v) is 2.08. The summed E-state index contributed by atoms with van der Waals surface area (Å²) in [6.45, 7) is 4.28. The van der Waals surface area contributed by atoms with Crippen molar-refractivity contribution in [2.75, 3.05) is 13.1 Å². The summed E-state index contributed by atoms with van der Waals surface area (Å²) in [5.41, 5.74) is 0.389. The molecular formula is C13H19ClFNO2. The standard InChI is InChI=1S/C13H19ClFNO2/c1-9(17)6-16(7-10(2)18)8-11-12(14)4-3-5-13(11)15/h3-5,9-10,17-18H,6-8H2,1-2H3. The Kier molecular flexibility index (Phi) is 6.02. The number of halogens is 2. The van der Waals surface area contributed by atoms with Crippen molar-refractivity contribution in [2.24, 2.45) is 0 Å². The first-order valence-electron chi connectivity index (χ1n) is 5.91. The molecule has 0 fully saturated rings. The van der Waals surface area contributed by atoms with E-state index in [9.17, 15) is 14.6 Å². The Morgan fingerprint density at radius 2 is 1.78 bits per heavy atom. The predicted octanol–water partition coefficient (Wildman–Crippen LogP) is 2.04. The topological polar surface area (TPSA) is 43.7 Å². The molecule has 0 saturated heterocycles. The van der Waals surface area contributed by atoms with Gasteiger partial charge in [0.2, 0.25) is 0 Å². The van der Waals surface area contributed by atoms with Crippen LogP contribution in [0.4, 0.5) is 4.39 Å². The van der Waals surface area contributed by atoms with Gasteiger partial charge >= 0.3 is 0 Å². The molecule has 1 aromatic rings. The second-order valence-corrected chi connectivity index (χ2v) is 5.00. The summed E-state index contributed by atoms with van der Waals surface area (Å²) >= 11 is 5.96. The number of aliphatic hydroxyl groups excluding tert-OH is 2. The van der Waals surface area contributed by atoms with E-state index < -0.39 is 12.2 Å². The van der Waals surface area contributed by atoms with Gasteiger partial charge in [-0.1, -0.05) is 17.7 Å². The van der Waals surface area contributed by atoms with Gasteiger partial charge < -0.3 is 10.2 Å². The summed E-state index contributed by atoms with van der Waals surface area (Å²) in [4.78, 5) is 1.78. The fourth-order valence-electron chi connectivity index (χ4n) is 1.86. The largest absolute Gasteiger partial charge is 0.392 e. The molecule has 0 amide bonds. The second-order valence-electron chi connectivity index (χ2n) is 4.59. The van der Waals surface area contributed by atoms with Gasteiger partial charge in [-0.2, -0.15) is 0 Å². The molecule has 0 aromatic heterocycles. The zero-order valence-corrected chi connectivity index (χ0v) is 11.4. The van der Waals surface area contributed by atoms with Crippen LogP contribution in [0.25, 0.3) is 0 Å². The van der Waals surface area contributed by atoms with E-state index in [1.807, 2.05) is 0 Å². The van der Waals surface area contributed by atoms with Gasteiger partial charge in [-0.15, -0.1) is 0 Å². The van der Waals surface area contributed by atoms with E-state index >= 15 is 0 Å². The van der Waals surface area contributed by atoms with Gasteiger partial charge in [-0.3, -0.25) is 4.90 Å². The zero-order valence-electron chi connectivity index (χ0n) is 10.6. The highest BCUT2D eigenvalue weighted by Crippen LogP contribution is 2.21. The molecule has 0 heterocycles. The summed E-state index contributed by atoms with van der Waals surface area (Å²) in [7, 11) is 0. The van der Waals surface area contributed by atoms with E-state index in [4.69, 9.17) is 11.6 Å². The van der Waals surface area contributed by atoms with E-state index in [1.165, 1.54) is 6.07 Å². The molecule has 2 unspecified atom stereocenters. The number of benzene rings is 1. The maximum absolute atomic E-state index is 13.6. The van der Waals surface area contributed by atoms with Crippen molar-refractivity contribution in [2.45, 2.75) is 32.6 Å². The monoisotopic (exact) mass is 275 g/mol. The normalized spacial score (nSPS) is 14.8. The van der Waals surface area contributed by atoms with E-state index in [0.717, 1.165) is 0 Å². The number of nitrogens with zero attached hydrogens (tertiary/aromatic N) is 1. The van der Waals surface area contributed by atoms with Crippen LogP contribution in [0.2, 0.25) is 5.02 Å². The maximum Gasteiger partial charge on any atom is 0.129 e. The zero-order chi connectivity index (χ0) is 13.7. The van der Waals surface area contributed by atoms with Crippen LogP contribution in [0.15, 0.2) is 18.2 Å². The molecule has 1 aromatic carbocycles. The van der Waals surface area contributed by atoms with Gasteiger partial charge in [0, 0.05) is 30.2 Å². The van der Waals surface area contributed by atoms with E-state index in [-0.39, 0.29) is 12.4 Å². The fraction of sp³-hybridized carbons (Fsp3) is 0.538. The van der Waals surface area contributed by atoms with Crippen molar-refractivity contribution in [3.05, 3.63) is 34.6 Å². The summed E-state index contributed by atoms with van der Waals surface area (Å²) < 4.78 is 13.6. The summed E-state index contributed by atoms with van der Waals surface area (Å²) in [6.07, 6.45) is -1.09. The number of hydrogen-bond donors (Lipinski definition) is 2. The van der Waals surface area contributed by atoms with Crippen molar-refractivity contribution in [1.29, 1.82) is 0 Å². The number of hydrogen-bond acceptors (Lipinski definition) is 3. The smallest absolute Gasteiger partial charge is 0.129 e. The quantitative estimate of drug-likeness (QED) is 0.835. The number of aliphatic hydroxyl groups is 2. The molecule has 18 heavy (non-hydrogen) atoms. The summed E-state index contributed by atoms with van der Waals surface area (Å²) in [6, 6.07) is 4.53.